The topological polar surface area (TPSA) is 60.7 Å². The molecule has 0 aliphatic carbocycles. The van der Waals surface area contributed by atoms with Crippen molar-refractivity contribution in [2.45, 2.75) is 13.0 Å². The van der Waals surface area contributed by atoms with Crippen molar-refractivity contribution in [1.29, 1.82) is 0 Å². The molecule has 0 unspecified atom stereocenters. The smallest absolute Gasteiger partial charge is 0.338 e. The van der Waals surface area contributed by atoms with Crippen LogP contribution in [0, 0.1) is 0 Å². The second kappa shape index (κ2) is 9.28. The Bertz CT molecular complexity index is 1420. The van der Waals surface area contributed by atoms with Gasteiger partial charge in [-0.15, -0.1) is 0 Å². The van der Waals surface area contributed by atoms with E-state index in [2.05, 4.69) is 11.6 Å². The van der Waals surface area contributed by atoms with Gasteiger partial charge < -0.3 is 4.74 Å². The van der Waals surface area contributed by atoms with Gasteiger partial charge in [0.05, 0.1) is 31.9 Å². The van der Waals surface area contributed by atoms with Crippen molar-refractivity contribution in [2.24, 2.45) is 4.99 Å². The molecule has 1 atom stereocenters. The zero-order chi connectivity index (χ0) is 22.8. The summed E-state index contributed by atoms with van der Waals surface area (Å²) in [6, 6.07) is 13.9. The SMILES string of the molecule is C=CCOC(=O)C1=C(C)N=c2s/c(=C/c3ccc(Cl)c(Cl)c3)c(=O)n2[C@H]1c1ccccc1. The number of halogens is 2. The molecule has 2 aromatic carbocycles. The highest BCUT2D eigenvalue weighted by atomic mass is 35.5. The molecule has 1 aliphatic rings. The monoisotopic (exact) mass is 484 g/mol. The highest BCUT2D eigenvalue weighted by molar-refractivity contribution is 7.07. The quantitative estimate of drug-likeness (QED) is 0.401. The van der Waals surface area contributed by atoms with Crippen LogP contribution in [0.1, 0.15) is 24.1 Å². The molecule has 0 radical (unpaired) electrons. The third kappa shape index (κ3) is 4.21. The molecule has 0 amide bonds. The summed E-state index contributed by atoms with van der Waals surface area (Å²) >= 11 is 13.4. The second-order valence-electron chi connectivity index (χ2n) is 7.05. The Morgan fingerprint density at radius 3 is 2.66 bits per heavy atom. The lowest BCUT2D eigenvalue weighted by Gasteiger charge is -2.24. The maximum absolute atomic E-state index is 13.5. The van der Waals surface area contributed by atoms with Gasteiger partial charge in [0.2, 0.25) is 0 Å². The first-order valence-corrected chi connectivity index (χ1v) is 11.3. The van der Waals surface area contributed by atoms with Gasteiger partial charge >= 0.3 is 5.97 Å². The number of esters is 1. The number of allylic oxidation sites excluding steroid dienone is 1. The molecule has 0 saturated heterocycles. The van der Waals surface area contributed by atoms with E-state index in [0.717, 1.165) is 11.1 Å². The highest BCUT2D eigenvalue weighted by Gasteiger charge is 2.33. The third-order valence-corrected chi connectivity index (χ3v) is 6.65. The van der Waals surface area contributed by atoms with Crippen LogP contribution in [0.2, 0.25) is 10.0 Å². The molecule has 162 valence electrons. The van der Waals surface area contributed by atoms with E-state index in [1.807, 2.05) is 30.3 Å². The van der Waals surface area contributed by atoms with Crippen molar-refractivity contribution in [1.82, 2.24) is 4.57 Å². The van der Waals surface area contributed by atoms with E-state index in [1.165, 1.54) is 17.4 Å². The summed E-state index contributed by atoms with van der Waals surface area (Å²) in [6.45, 7) is 5.40. The van der Waals surface area contributed by atoms with Crippen LogP contribution < -0.4 is 14.9 Å². The van der Waals surface area contributed by atoms with Gasteiger partial charge in [-0.1, -0.05) is 83.6 Å². The van der Waals surface area contributed by atoms with E-state index >= 15 is 0 Å². The zero-order valence-corrected chi connectivity index (χ0v) is 19.4. The Morgan fingerprint density at radius 1 is 1.22 bits per heavy atom. The molecule has 1 aliphatic heterocycles. The van der Waals surface area contributed by atoms with Crippen LogP contribution in [0.5, 0.6) is 0 Å². The Hall–Kier alpha value is -2.93. The van der Waals surface area contributed by atoms with Gasteiger partial charge in [0, 0.05) is 0 Å². The lowest BCUT2D eigenvalue weighted by molar-refractivity contribution is -0.138. The number of rotatable bonds is 5. The summed E-state index contributed by atoms with van der Waals surface area (Å²) in [5.41, 5.74) is 2.11. The third-order valence-electron chi connectivity index (χ3n) is 4.93. The van der Waals surface area contributed by atoms with E-state index in [-0.39, 0.29) is 12.2 Å². The first-order valence-electron chi connectivity index (χ1n) is 9.71. The maximum Gasteiger partial charge on any atom is 0.338 e. The Morgan fingerprint density at radius 2 is 1.97 bits per heavy atom. The molecule has 3 aromatic rings. The largest absolute Gasteiger partial charge is 0.458 e. The molecule has 2 heterocycles. The number of carbonyl (C=O) groups excluding carboxylic acids is 1. The van der Waals surface area contributed by atoms with Crippen molar-refractivity contribution < 1.29 is 9.53 Å². The number of thiazole rings is 1. The number of ether oxygens (including phenoxy) is 1. The van der Waals surface area contributed by atoms with Crippen molar-refractivity contribution >= 4 is 46.6 Å². The Balaban J connectivity index is 1.92. The van der Waals surface area contributed by atoms with E-state index in [1.54, 1.807) is 35.8 Å². The fraction of sp³-hybridized carbons (Fsp3) is 0.125. The van der Waals surface area contributed by atoms with Crippen molar-refractivity contribution in [2.75, 3.05) is 6.61 Å². The van der Waals surface area contributed by atoms with Gasteiger partial charge in [-0.05, 0) is 36.3 Å². The fourth-order valence-corrected chi connectivity index (χ4v) is 4.85. The van der Waals surface area contributed by atoms with E-state index < -0.39 is 12.0 Å². The number of aromatic nitrogens is 1. The molecule has 0 fully saturated rings. The minimum absolute atomic E-state index is 0.0683. The minimum atomic E-state index is -0.652. The van der Waals surface area contributed by atoms with Gasteiger partial charge in [-0.3, -0.25) is 9.36 Å². The average Bonchev–Trinajstić information content (AvgIpc) is 3.08. The molecule has 0 bridgehead atoms. The van der Waals surface area contributed by atoms with Crippen LogP contribution >= 0.6 is 34.5 Å². The summed E-state index contributed by atoms with van der Waals surface area (Å²) < 4.78 is 7.32. The maximum atomic E-state index is 13.5. The van der Waals surface area contributed by atoms with Crippen molar-refractivity contribution in [3.05, 3.63) is 113 Å². The van der Waals surface area contributed by atoms with E-state index in [9.17, 15) is 9.59 Å². The van der Waals surface area contributed by atoms with Crippen molar-refractivity contribution in [3.8, 4) is 0 Å². The van der Waals surface area contributed by atoms with Crippen LogP contribution in [0.25, 0.3) is 6.08 Å². The molecule has 0 saturated carbocycles. The first kappa shape index (κ1) is 22.3. The van der Waals surface area contributed by atoms with Gasteiger partial charge in [-0.2, -0.15) is 0 Å². The Kier molecular flexibility index (Phi) is 6.46. The normalized spacial score (nSPS) is 15.8. The summed E-state index contributed by atoms with van der Waals surface area (Å²) in [6.07, 6.45) is 3.24. The highest BCUT2D eigenvalue weighted by Crippen LogP contribution is 2.30. The van der Waals surface area contributed by atoms with Gasteiger partial charge in [0.15, 0.2) is 4.80 Å². The molecule has 5 nitrogen and oxygen atoms in total. The molecule has 8 heteroatoms. The predicted octanol–water partition coefficient (Wildman–Crippen LogP) is 4.27. The Labute approximate surface area is 198 Å². The minimum Gasteiger partial charge on any atom is -0.458 e. The zero-order valence-electron chi connectivity index (χ0n) is 17.0. The lowest BCUT2D eigenvalue weighted by Crippen LogP contribution is -2.39. The number of hydrogen-bond acceptors (Lipinski definition) is 5. The first-order chi connectivity index (χ1) is 15.4. The van der Waals surface area contributed by atoms with Crippen LogP contribution in [-0.2, 0) is 9.53 Å². The molecular formula is C24H18Cl2N2O3S. The molecule has 4 rings (SSSR count). The predicted molar refractivity (Wildman–Crippen MR) is 128 cm³/mol. The lowest BCUT2D eigenvalue weighted by atomic mass is 9.96. The second-order valence-corrected chi connectivity index (χ2v) is 8.88. The number of hydrogen-bond donors (Lipinski definition) is 0. The van der Waals surface area contributed by atoms with Gasteiger partial charge in [0.1, 0.15) is 6.61 Å². The molecule has 1 aromatic heterocycles. The average molecular weight is 485 g/mol. The molecule has 32 heavy (non-hydrogen) atoms. The number of fused-ring (bicyclic) bond motifs is 1. The van der Waals surface area contributed by atoms with Crippen LogP contribution in [0.4, 0.5) is 0 Å². The summed E-state index contributed by atoms with van der Waals surface area (Å²) in [4.78, 5) is 31.4. The number of nitrogens with zero attached hydrogens (tertiary/aromatic N) is 2. The van der Waals surface area contributed by atoms with Crippen LogP contribution in [-0.4, -0.2) is 17.1 Å². The van der Waals surface area contributed by atoms with E-state index in [0.29, 0.717) is 30.6 Å². The summed E-state index contributed by atoms with van der Waals surface area (Å²) in [7, 11) is 0. The number of benzene rings is 2. The molecule has 0 spiro atoms. The van der Waals surface area contributed by atoms with Crippen LogP contribution in [0.15, 0.2) is 82.2 Å². The van der Waals surface area contributed by atoms with E-state index in [4.69, 9.17) is 27.9 Å². The van der Waals surface area contributed by atoms with Crippen LogP contribution in [0.3, 0.4) is 0 Å². The molecule has 0 N–H and O–H groups in total. The van der Waals surface area contributed by atoms with Gasteiger partial charge in [-0.25, -0.2) is 9.79 Å². The molecular weight excluding hydrogens is 467 g/mol. The number of carbonyl (C=O) groups is 1. The standard InChI is InChI=1S/C24H18Cl2N2O3S/c1-3-11-31-23(30)20-14(2)27-24-28(21(20)16-7-5-4-6-8-16)22(29)19(32-24)13-15-9-10-17(25)18(26)12-15/h3-10,12-13,21H,1,11H2,2H3/b19-13+/t21-/m0/s1. The van der Waals surface area contributed by atoms with Gasteiger partial charge in [0.25, 0.3) is 5.56 Å². The van der Waals surface area contributed by atoms with Crippen molar-refractivity contribution in [3.63, 3.8) is 0 Å². The summed E-state index contributed by atoms with van der Waals surface area (Å²) in [5.74, 6) is -0.529. The summed E-state index contributed by atoms with van der Waals surface area (Å²) in [5, 5.41) is 0.839. The fourth-order valence-electron chi connectivity index (χ4n) is 3.50.